The number of nitro groups is 1. The molecule has 0 amide bonds. The van der Waals surface area contributed by atoms with Crippen LogP contribution in [0.5, 0.6) is 0 Å². The fourth-order valence-electron chi connectivity index (χ4n) is 1.28. The summed E-state index contributed by atoms with van der Waals surface area (Å²) in [5, 5.41) is 27.8. The Morgan fingerprint density at radius 3 is 2.45 bits per heavy atom. The Bertz CT molecular complexity index is 607. The molecule has 0 spiro atoms. The van der Waals surface area contributed by atoms with Gasteiger partial charge in [-0.1, -0.05) is 6.08 Å². The molecule has 0 radical (unpaired) electrons. The molecule has 0 heterocycles. The van der Waals surface area contributed by atoms with Gasteiger partial charge in [-0.15, -0.1) is 0 Å². The standard InChI is InChI=1S/C13H11N5O2/c14-8-12(16)13(9-15)17-7-1-2-10-3-5-11(6-4-10)18(19)20/h1-7,12-13H,16H2/b2-1+,17-7?. The predicted molar refractivity (Wildman–Crippen MR) is 73.6 cm³/mol. The van der Waals surface area contributed by atoms with Crippen molar-refractivity contribution in [1.82, 2.24) is 0 Å². The highest BCUT2D eigenvalue weighted by Gasteiger charge is 2.13. The van der Waals surface area contributed by atoms with E-state index in [9.17, 15) is 10.1 Å². The third-order valence-electron chi connectivity index (χ3n) is 2.35. The summed E-state index contributed by atoms with van der Waals surface area (Å²) in [5.41, 5.74) is 6.15. The van der Waals surface area contributed by atoms with Crippen molar-refractivity contribution < 1.29 is 4.92 Å². The Balaban J connectivity index is 2.67. The Morgan fingerprint density at radius 2 is 1.95 bits per heavy atom. The van der Waals surface area contributed by atoms with Crippen LogP contribution in [-0.2, 0) is 0 Å². The van der Waals surface area contributed by atoms with Gasteiger partial charge in [0.1, 0.15) is 6.04 Å². The molecule has 0 aliphatic heterocycles. The molecule has 1 aromatic carbocycles. The second-order valence-electron chi connectivity index (χ2n) is 3.73. The number of nitriles is 2. The van der Waals surface area contributed by atoms with E-state index in [1.807, 2.05) is 6.07 Å². The number of nitrogens with two attached hydrogens (primary N) is 1. The lowest BCUT2D eigenvalue weighted by atomic mass is 10.2. The molecule has 100 valence electrons. The largest absolute Gasteiger partial charge is 0.313 e. The maximum absolute atomic E-state index is 10.5. The monoisotopic (exact) mass is 269 g/mol. The quantitative estimate of drug-likeness (QED) is 0.491. The molecular weight excluding hydrogens is 258 g/mol. The van der Waals surface area contributed by atoms with E-state index in [4.69, 9.17) is 16.3 Å². The molecule has 2 unspecified atom stereocenters. The van der Waals surface area contributed by atoms with Crippen molar-refractivity contribution in [2.24, 2.45) is 10.7 Å². The van der Waals surface area contributed by atoms with Crippen molar-refractivity contribution in [1.29, 1.82) is 10.5 Å². The maximum Gasteiger partial charge on any atom is 0.269 e. The average molecular weight is 269 g/mol. The molecule has 1 rings (SSSR count). The van der Waals surface area contributed by atoms with E-state index >= 15 is 0 Å². The minimum Gasteiger partial charge on any atom is -0.313 e. The summed E-state index contributed by atoms with van der Waals surface area (Å²) in [4.78, 5) is 13.8. The topological polar surface area (TPSA) is 129 Å². The summed E-state index contributed by atoms with van der Waals surface area (Å²) in [5.74, 6) is 0. The fraction of sp³-hybridized carbons (Fsp3) is 0.154. The van der Waals surface area contributed by atoms with Gasteiger partial charge in [-0.05, 0) is 23.8 Å². The van der Waals surface area contributed by atoms with Crippen molar-refractivity contribution in [3.8, 4) is 12.1 Å². The molecule has 20 heavy (non-hydrogen) atoms. The number of allylic oxidation sites excluding steroid dienone is 1. The van der Waals surface area contributed by atoms with Gasteiger partial charge in [0.25, 0.3) is 5.69 Å². The number of rotatable bonds is 5. The van der Waals surface area contributed by atoms with Crippen LogP contribution in [0, 0.1) is 32.8 Å². The summed E-state index contributed by atoms with van der Waals surface area (Å²) in [6.07, 6.45) is 4.60. The smallest absolute Gasteiger partial charge is 0.269 e. The van der Waals surface area contributed by atoms with Gasteiger partial charge in [0.2, 0.25) is 0 Å². The van der Waals surface area contributed by atoms with Crippen LogP contribution < -0.4 is 5.73 Å². The predicted octanol–water partition coefficient (Wildman–Crippen LogP) is 1.42. The summed E-state index contributed by atoms with van der Waals surface area (Å²) in [7, 11) is 0. The summed E-state index contributed by atoms with van der Waals surface area (Å²) >= 11 is 0. The van der Waals surface area contributed by atoms with E-state index in [1.165, 1.54) is 18.3 Å². The summed E-state index contributed by atoms with van der Waals surface area (Å²) in [6.45, 7) is 0. The minimum absolute atomic E-state index is 0.0142. The van der Waals surface area contributed by atoms with Crippen molar-refractivity contribution in [2.45, 2.75) is 12.1 Å². The molecule has 2 atom stereocenters. The van der Waals surface area contributed by atoms with E-state index in [0.717, 1.165) is 5.56 Å². The number of nitro benzene ring substituents is 1. The zero-order valence-electron chi connectivity index (χ0n) is 10.4. The third-order valence-corrected chi connectivity index (χ3v) is 2.35. The Labute approximate surface area is 115 Å². The normalized spacial score (nSPS) is 13.8. The van der Waals surface area contributed by atoms with E-state index in [-0.39, 0.29) is 5.69 Å². The maximum atomic E-state index is 10.5. The van der Waals surface area contributed by atoms with Gasteiger partial charge in [-0.25, -0.2) is 0 Å². The Hall–Kier alpha value is -3.03. The van der Waals surface area contributed by atoms with E-state index in [0.29, 0.717) is 0 Å². The first-order valence-corrected chi connectivity index (χ1v) is 5.57. The zero-order valence-corrected chi connectivity index (χ0v) is 10.4. The molecule has 0 saturated carbocycles. The molecule has 0 aliphatic rings. The number of non-ortho nitro benzene ring substituents is 1. The molecule has 7 heteroatoms. The van der Waals surface area contributed by atoms with Crippen molar-refractivity contribution in [3.05, 3.63) is 46.0 Å². The van der Waals surface area contributed by atoms with Crippen LogP contribution in [0.1, 0.15) is 5.56 Å². The molecule has 7 nitrogen and oxygen atoms in total. The second kappa shape index (κ2) is 7.41. The SMILES string of the molecule is N#CC(N)C(C#N)N=C/C=C/c1ccc([N+](=O)[O-])cc1. The van der Waals surface area contributed by atoms with Crippen LogP contribution in [0.4, 0.5) is 5.69 Å². The van der Waals surface area contributed by atoms with Crippen LogP contribution >= 0.6 is 0 Å². The minimum atomic E-state index is -0.968. The number of hydrogen-bond donors (Lipinski definition) is 1. The number of hydrogen-bond acceptors (Lipinski definition) is 6. The van der Waals surface area contributed by atoms with Gasteiger partial charge in [0.05, 0.1) is 17.1 Å². The number of benzene rings is 1. The first-order chi connectivity index (χ1) is 9.58. The van der Waals surface area contributed by atoms with Crippen LogP contribution in [0.15, 0.2) is 35.3 Å². The lowest BCUT2D eigenvalue weighted by molar-refractivity contribution is -0.384. The van der Waals surface area contributed by atoms with Crippen LogP contribution in [0.2, 0.25) is 0 Å². The molecule has 2 N–H and O–H groups in total. The van der Waals surface area contributed by atoms with Crippen molar-refractivity contribution >= 4 is 18.0 Å². The molecule has 0 aliphatic carbocycles. The molecule has 0 aromatic heterocycles. The lowest BCUT2D eigenvalue weighted by Gasteiger charge is -2.02. The van der Waals surface area contributed by atoms with E-state index in [2.05, 4.69) is 4.99 Å². The van der Waals surface area contributed by atoms with Gasteiger partial charge >= 0.3 is 0 Å². The highest BCUT2D eigenvalue weighted by Crippen LogP contribution is 2.12. The van der Waals surface area contributed by atoms with Crippen LogP contribution in [0.25, 0.3) is 6.08 Å². The van der Waals surface area contributed by atoms with Gasteiger partial charge < -0.3 is 5.73 Å². The highest BCUT2D eigenvalue weighted by atomic mass is 16.6. The van der Waals surface area contributed by atoms with Gasteiger partial charge in [-0.2, -0.15) is 10.5 Å². The van der Waals surface area contributed by atoms with Gasteiger partial charge in [0, 0.05) is 18.3 Å². The molecular formula is C13H11N5O2. The third kappa shape index (κ3) is 4.33. The van der Waals surface area contributed by atoms with Gasteiger partial charge in [0.15, 0.2) is 6.04 Å². The number of aliphatic imine (C=N–C) groups is 1. The van der Waals surface area contributed by atoms with E-state index in [1.54, 1.807) is 30.4 Å². The average Bonchev–Trinajstić information content (AvgIpc) is 2.47. The summed E-state index contributed by atoms with van der Waals surface area (Å²) < 4.78 is 0. The Morgan fingerprint density at radius 1 is 1.30 bits per heavy atom. The highest BCUT2D eigenvalue weighted by molar-refractivity contribution is 5.78. The fourth-order valence-corrected chi connectivity index (χ4v) is 1.28. The van der Waals surface area contributed by atoms with Crippen LogP contribution in [-0.4, -0.2) is 23.2 Å². The van der Waals surface area contributed by atoms with Gasteiger partial charge in [-0.3, -0.25) is 15.1 Å². The van der Waals surface area contributed by atoms with Crippen molar-refractivity contribution in [2.75, 3.05) is 0 Å². The second-order valence-corrected chi connectivity index (χ2v) is 3.73. The van der Waals surface area contributed by atoms with E-state index < -0.39 is 17.0 Å². The van der Waals surface area contributed by atoms with Crippen molar-refractivity contribution in [3.63, 3.8) is 0 Å². The number of nitrogens with zero attached hydrogens (tertiary/aromatic N) is 4. The lowest BCUT2D eigenvalue weighted by Crippen LogP contribution is -2.30. The zero-order chi connectivity index (χ0) is 15.0. The molecule has 1 aromatic rings. The Kier molecular flexibility index (Phi) is 5.57. The first-order valence-electron chi connectivity index (χ1n) is 5.57. The first kappa shape index (κ1) is 15.0. The molecule has 0 fully saturated rings. The summed E-state index contributed by atoms with van der Waals surface area (Å²) in [6, 6.07) is 7.63. The molecule has 0 saturated heterocycles. The molecule has 0 bridgehead atoms. The van der Waals surface area contributed by atoms with Crippen LogP contribution in [0.3, 0.4) is 0 Å².